The summed E-state index contributed by atoms with van der Waals surface area (Å²) in [5.74, 6) is 0. The quantitative estimate of drug-likeness (QED) is 0.326. The van der Waals surface area contributed by atoms with Gasteiger partial charge in [0.1, 0.15) is 0 Å². The predicted molar refractivity (Wildman–Crippen MR) is 120 cm³/mol. The molecule has 0 aromatic rings. The largest absolute Gasteiger partial charge is 0.501 e. The minimum atomic E-state index is -2.75. The van der Waals surface area contributed by atoms with E-state index in [4.69, 9.17) is 8.85 Å². The van der Waals surface area contributed by atoms with E-state index in [1.54, 1.807) is 0 Å². The first kappa shape index (κ1) is 27.0. The van der Waals surface area contributed by atoms with Crippen LogP contribution in [0.1, 0.15) is 83.1 Å². The Bertz CT molecular complexity index is 536. The van der Waals surface area contributed by atoms with Crippen molar-refractivity contribution in [3.63, 3.8) is 0 Å². The van der Waals surface area contributed by atoms with Crippen LogP contribution in [0.25, 0.3) is 0 Å². The molecule has 0 radical (unpaired) electrons. The molecular formula is C20H42N2O4Si2. The van der Waals surface area contributed by atoms with Crippen LogP contribution in [0.2, 0.25) is 33.2 Å². The van der Waals surface area contributed by atoms with Gasteiger partial charge in [-0.2, -0.15) is 0 Å². The topological polar surface area (TPSA) is 77.3 Å². The summed E-state index contributed by atoms with van der Waals surface area (Å²) in [5.41, 5.74) is 0. The van der Waals surface area contributed by atoms with Gasteiger partial charge in [0.25, 0.3) is 16.6 Å². The molecule has 0 heterocycles. The van der Waals surface area contributed by atoms with Crippen molar-refractivity contribution in [1.29, 1.82) is 0 Å². The smallest absolute Gasteiger partial charge is 0.439 e. The Kier molecular flexibility index (Phi) is 8.86. The lowest BCUT2D eigenvalue weighted by Gasteiger charge is -2.56. The van der Waals surface area contributed by atoms with Gasteiger partial charge >= 0.3 is 12.2 Å². The third-order valence-corrected chi connectivity index (χ3v) is 17.2. The maximum Gasteiger partial charge on any atom is 0.439 e. The Morgan fingerprint density at radius 2 is 0.929 bits per heavy atom. The van der Waals surface area contributed by atoms with E-state index >= 15 is 0 Å². The van der Waals surface area contributed by atoms with E-state index < -0.39 is 28.8 Å². The third-order valence-electron chi connectivity index (χ3n) is 5.86. The zero-order chi connectivity index (χ0) is 22.6. The molecule has 0 aliphatic rings. The van der Waals surface area contributed by atoms with Crippen molar-refractivity contribution in [3.8, 4) is 0 Å². The number of carbonyl (C=O) groups is 2. The highest BCUT2D eigenvalue weighted by Gasteiger charge is 2.64. The normalized spacial score (nSPS) is 14.3. The fraction of sp³-hybridized carbons (Fsp3) is 0.900. The van der Waals surface area contributed by atoms with E-state index in [2.05, 4.69) is 72.5 Å². The standard InChI is InChI=1S/C20H42N2O4Si2/c1-13-27(14-2,15-3)25-16(23)21-22-17(24)26-28(18(4,5)6,19(7,8)9)20(10,11)12/h13-15H2,1-12H3. The van der Waals surface area contributed by atoms with Gasteiger partial charge < -0.3 is 8.85 Å². The number of hydrogen-bond donors (Lipinski definition) is 0. The Morgan fingerprint density at radius 1 is 0.643 bits per heavy atom. The van der Waals surface area contributed by atoms with Gasteiger partial charge in [0.15, 0.2) is 0 Å². The first-order valence-electron chi connectivity index (χ1n) is 10.3. The minimum Gasteiger partial charge on any atom is -0.501 e. The molecule has 0 fully saturated rings. The summed E-state index contributed by atoms with van der Waals surface area (Å²) in [6, 6.07) is 2.46. The van der Waals surface area contributed by atoms with E-state index in [9.17, 15) is 9.59 Å². The van der Waals surface area contributed by atoms with Crippen molar-refractivity contribution in [2.75, 3.05) is 0 Å². The second kappa shape index (κ2) is 9.19. The predicted octanol–water partition coefficient (Wildman–Crippen LogP) is 8.06. The molecule has 0 unspecified atom stereocenters. The molecule has 0 bridgehead atoms. The summed E-state index contributed by atoms with van der Waals surface area (Å²) >= 11 is 0. The molecule has 6 nitrogen and oxygen atoms in total. The second-order valence-electron chi connectivity index (χ2n) is 10.6. The molecular weight excluding hydrogens is 388 g/mol. The Labute approximate surface area is 174 Å². The summed E-state index contributed by atoms with van der Waals surface area (Å²) < 4.78 is 11.7. The van der Waals surface area contributed by atoms with E-state index in [0.29, 0.717) is 0 Å². The first-order chi connectivity index (χ1) is 12.4. The average Bonchev–Trinajstić information content (AvgIpc) is 2.52. The molecule has 0 rings (SSSR count). The zero-order valence-electron chi connectivity index (χ0n) is 20.1. The van der Waals surface area contributed by atoms with Gasteiger partial charge in [-0.3, -0.25) is 0 Å². The number of amides is 2. The number of carbonyl (C=O) groups excluding carboxylic acids is 2. The highest BCUT2D eigenvalue weighted by atomic mass is 28.4. The molecule has 0 saturated carbocycles. The molecule has 0 aliphatic carbocycles. The van der Waals surface area contributed by atoms with Gasteiger partial charge in [-0.25, -0.2) is 9.59 Å². The van der Waals surface area contributed by atoms with Crippen molar-refractivity contribution in [2.45, 2.75) is 116 Å². The van der Waals surface area contributed by atoms with Crippen LogP contribution >= 0.6 is 0 Å². The molecule has 0 N–H and O–H groups in total. The van der Waals surface area contributed by atoms with Crippen LogP contribution in [0.4, 0.5) is 9.59 Å². The van der Waals surface area contributed by atoms with Gasteiger partial charge in [0, 0.05) is 0 Å². The molecule has 0 spiro atoms. The molecule has 164 valence electrons. The van der Waals surface area contributed by atoms with Crippen molar-refractivity contribution >= 4 is 28.8 Å². The first-order valence-corrected chi connectivity index (χ1v) is 14.7. The fourth-order valence-electron chi connectivity index (χ4n) is 5.24. The highest BCUT2D eigenvalue weighted by molar-refractivity contribution is 6.83. The van der Waals surface area contributed by atoms with Gasteiger partial charge in [0.05, 0.1) is 0 Å². The molecule has 0 aromatic heterocycles. The zero-order valence-corrected chi connectivity index (χ0v) is 22.1. The van der Waals surface area contributed by atoms with Crippen molar-refractivity contribution in [2.24, 2.45) is 10.2 Å². The summed E-state index contributed by atoms with van der Waals surface area (Å²) in [6.45, 7) is 25.0. The van der Waals surface area contributed by atoms with Crippen LogP contribution in [0.3, 0.4) is 0 Å². The number of rotatable bonds is 5. The number of hydrogen-bond acceptors (Lipinski definition) is 4. The van der Waals surface area contributed by atoms with Crippen molar-refractivity contribution in [3.05, 3.63) is 0 Å². The van der Waals surface area contributed by atoms with E-state index in [-0.39, 0.29) is 15.1 Å². The van der Waals surface area contributed by atoms with Gasteiger partial charge in [-0.1, -0.05) is 93.3 Å². The molecule has 28 heavy (non-hydrogen) atoms. The van der Waals surface area contributed by atoms with Gasteiger partial charge in [-0.15, -0.1) is 0 Å². The van der Waals surface area contributed by atoms with E-state index in [1.165, 1.54) is 0 Å². The van der Waals surface area contributed by atoms with Crippen LogP contribution < -0.4 is 0 Å². The van der Waals surface area contributed by atoms with Gasteiger partial charge in [-0.05, 0) is 33.2 Å². The van der Waals surface area contributed by atoms with Crippen molar-refractivity contribution < 1.29 is 18.4 Å². The van der Waals surface area contributed by atoms with Crippen molar-refractivity contribution in [1.82, 2.24) is 0 Å². The summed E-state index contributed by atoms with van der Waals surface area (Å²) in [7, 11) is -4.89. The Morgan fingerprint density at radius 3 is 1.18 bits per heavy atom. The number of azo groups is 1. The summed E-state index contributed by atoms with van der Waals surface area (Å²) in [5, 5.41) is 6.42. The van der Waals surface area contributed by atoms with Crippen LogP contribution in [0.5, 0.6) is 0 Å². The monoisotopic (exact) mass is 430 g/mol. The SMILES string of the molecule is CC[Si](CC)(CC)OC(=O)N=NC(=O)O[Si](C(C)(C)C)(C(C)(C)C)C(C)(C)C. The lowest BCUT2D eigenvalue weighted by atomic mass is 10.2. The molecule has 2 amide bonds. The van der Waals surface area contributed by atoms with Crippen LogP contribution in [0.15, 0.2) is 10.2 Å². The van der Waals surface area contributed by atoms with E-state index in [1.807, 2.05) is 20.8 Å². The minimum absolute atomic E-state index is 0.232. The second-order valence-corrected chi connectivity index (χ2v) is 21.4. The van der Waals surface area contributed by atoms with Crippen LogP contribution in [0, 0.1) is 0 Å². The maximum absolute atomic E-state index is 12.6. The molecule has 0 aromatic carbocycles. The fourth-order valence-corrected chi connectivity index (χ4v) is 15.6. The Hall–Kier alpha value is -1.03. The third kappa shape index (κ3) is 5.75. The lowest BCUT2D eigenvalue weighted by Crippen LogP contribution is -2.61. The molecule has 0 saturated heterocycles. The molecule has 0 atom stereocenters. The molecule has 8 heteroatoms. The average molecular weight is 431 g/mol. The van der Waals surface area contributed by atoms with E-state index in [0.717, 1.165) is 18.1 Å². The van der Waals surface area contributed by atoms with Gasteiger partial charge in [0.2, 0.25) is 0 Å². The summed E-state index contributed by atoms with van der Waals surface area (Å²) in [6.07, 6.45) is -1.59. The number of nitrogens with zero attached hydrogens (tertiary/aromatic N) is 2. The highest BCUT2D eigenvalue weighted by Crippen LogP contribution is 2.62. The lowest BCUT2D eigenvalue weighted by molar-refractivity contribution is 0.188. The maximum atomic E-state index is 12.6. The van der Waals surface area contributed by atoms with Crippen LogP contribution in [-0.4, -0.2) is 28.8 Å². The Balaban J connectivity index is 5.70. The summed E-state index contributed by atoms with van der Waals surface area (Å²) in [4.78, 5) is 24.8. The molecule has 0 aliphatic heterocycles. The van der Waals surface area contributed by atoms with Crippen LogP contribution in [-0.2, 0) is 8.85 Å².